The first kappa shape index (κ1) is 14.7. The van der Waals surface area contributed by atoms with Gasteiger partial charge in [-0.1, -0.05) is 0 Å². The molecule has 1 saturated carbocycles. The topological polar surface area (TPSA) is 71.8 Å². The maximum atomic E-state index is 12.5. The Morgan fingerprint density at radius 2 is 2.04 bits per heavy atom. The van der Waals surface area contributed by atoms with Gasteiger partial charge in [-0.25, -0.2) is 9.97 Å². The third-order valence-electron chi connectivity index (χ3n) is 4.15. The van der Waals surface area contributed by atoms with Gasteiger partial charge < -0.3 is 15.2 Å². The van der Waals surface area contributed by atoms with Crippen molar-refractivity contribution in [1.29, 1.82) is 0 Å². The average molecular weight is 321 g/mol. The van der Waals surface area contributed by atoms with E-state index in [2.05, 4.69) is 20.6 Å². The fraction of sp³-hybridized carbons (Fsp3) is 0.278. The minimum Gasteiger partial charge on any atom is -0.367 e. The highest BCUT2D eigenvalue weighted by Gasteiger charge is 2.23. The van der Waals surface area contributed by atoms with E-state index in [9.17, 15) is 4.79 Å². The lowest BCUT2D eigenvalue weighted by Gasteiger charge is -2.12. The van der Waals surface area contributed by atoms with Gasteiger partial charge >= 0.3 is 0 Å². The summed E-state index contributed by atoms with van der Waals surface area (Å²) < 4.78 is 1.58. The van der Waals surface area contributed by atoms with E-state index in [0.29, 0.717) is 23.1 Å². The lowest BCUT2D eigenvalue weighted by molar-refractivity contribution is 0.872. The fourth-order valence-electron chi connectivity index (χ4n) is 2.68. The van der Waals surface area contributed by atoms with Crippen LogP contribution in [0.5, 0.6) is 0 Å². The second-order valence-electron chi connectivity index (χ2n) is 6.31. The fourth-order valence-corrected chi connectivity index (χ4v) is 2.68. The maximum absolute atomic E-state index is 12.5. The summed E-state index contributed by atoms with van der Waals surface area (Å²) in [6, 6.07) is 8.15. The van der Waals surface area contributed by atoms with Crippen LogP contribution in [0.4, 0.5) is 17.5 Å². The van der Waals surface area contributed by atoms with Crippen molar-refractivity contribution in [3.05, 3.63) is 52.6 Å². The third-order valence-corrected chi connectivity index (χ3v) is 4.15. The van der Waals surface area contributed by atoms with Crippen LogP contribution >= 0.6 is 0 Å². The molecule has 6 nitrogen and oxygen atoms in total. The van der Waals surface area contributed by atoms with E-state index in [1.807, 2.05) is 31.2 Å². The molecule has 0 radical (unpaired) electrons. The van der Waals surface area contributed by atoms with Crippen molar-refractivity contribution in [3.63, 3.8) is 0 Å². The van der Waals surface area contributed by atoms with Crippen LogP contribution in [-0.4, -0.2) is 20.6 Å². The predicted octanol–water partition coefficient (Wildman–Crippen LogP) is 2.95. The Balaban J connectivity index is 1.81. The summed E-state index contributed by atoms with van der Waals surface area (Å²) in [5.74, 6) is 2.06. The number of rotatable bonds is 4. The summed E-state index contributed by atoms with van der Waals surface area (Å²) >= 11 is 0. The highest BCUT2D eigenvalue weighted by molar-refractivity contribution is 5.93. The number of nitrogens with one attached hydrogen (secondary N) is 2. The van der Waals surface area contributed by atoms with Gasteiger partial charge in [-0.05, 0) is 55.0 Å². The van der Waals surface area contributed by atoms with Crippen LogP contribution < -0.4 is 16.2 Å². The zero-order chi connectivity index (χ0) is 16.7. The number of pyridine rings is 3. The molecule has 2 N–H and O–H groups in total. The molecular weight excluding hydrogens is 302 g/mol. The quantitative estimate of drug-likeness (QED) is 0.773. The molecule has 3 aromatic heterocycles. The average Bonchev–Trinajstić information content (AvgIpc) is 3.35. The van der Waals surface area contributed by atoms with Gasteiger partial charge in [-0.2, -0.15) is 0 Å². The zero-order valence-corrected chi connectivity index (χ0v) is 13.7. The number of hydrogen-bond acceptors (Lipinski definition) is 5. The summed E-state index contributed by atoms with van der Waals surface area (Å²) in [6.45, 7) is 2.02. The third kappa shape index (κ3) is 2.82. The molecule has 1 fully saturated rings. The van der Waals surface area contributed by atoms with Crippen molar-refractivity contribution >= 4 is 28.2 Å². The highest BCUT2D eigenvalue weighted by atomic mass is 16.1. The number of hydrogen-bond donors (Lipinski definition) is 2. The molecule has 0 aliphatic heterocycles. The largest absolute Gasteiger partial charge is 0.367 e. The molecule has 0 amide bonds. The van der Waals surface area contributed by atoms with E-state index in [1.165, 1.54) is 0 Å². The van der Waals surface area contributed by atoms with E-state index in [4.69, 9.17) is 0 Å². The molecular formula is C18H19N5O. The lowest BCUT2D eigenvalue weighted by Crippen LogP contribution is -2.18. The minimum absolute atomic E-state index is 0.0385. The number of nitrogens with zero attached hydrogens (tertiary/aromatic N) is 3. The van der Waals surface area contributed by atoms with Crippen molar-refractivity contribution < 1.29 is 0 Å². The Morgan fingerprint density at radius 3 is 2.79 bits per heavy atom. The van der Waals surface area contributed by atoms with Crippen LogP contribution in [-0.2, 0) is 7.05 Å². The number of aryl methyl sites for hydroxylation is 2. The predicted molar refractivity (Wildman–Crippen MR) is 95.9 cm³/mol. The van der Waals surface area contributed by atoms with Crippen molar-refractivity contribution in [2.75, 3.05) is 10.6 Å². The van der Waals surface area contributed by atoms with Gasteiger partial charge in [0.1, 0.15) is 17.5 Å². The van der Waals surface area contributed by atoms with E-state index < -0.39 is 0 Å². The monoisotopic (exact) mass is 321 g/mol. The molecule has 24 heavy (non-hydrogen) atoms. The van der Waals surface area contributed by atoms with Gasteiger partial charge in [0, 0.05) is 25.5 Å². The molecule has 4 rings (SSSR count). The Morgan fingerprint density at radius 1 is 1.21 bits per heavy atom. The van der Waals surface area contributed by atoms with Crippen LogP contribution in [0, 0.1) is 6.92 Å². The van der Waals surface area contributed by atoms with Crippen LogP contribution in [0.15, 0.2) is 41.5 Å². The molecule has 0 atom stereocenters. The summed E-state index contributed by atoms with van der Waals surface area (Å²) in [5, 5.41) is 8.11. The Labute approximate surface area is 139 Å². The smallest absolute Gasteiger partial charge is 0.261 e. The van der Waals surface area contributed by atoms with E-state index in [0.717, 1.165) is 29.6 Å². The molecule has 1 aliphatic carbocycles. The molecule has 122 valence electrons. The van der Waals surface area contributed by atoms with Crippen LogP contribution in [0.2, 0.25) is 0 Å². The molecule has 3 heterocycles. The van der Waals surface area contributed by atoms with Gasteiger partial charge in [-0.15, -0.1) is 0 Å². The second kappa shape index (κ2) is 5.63. The van der Waals surface area contributed by atoms with E-state index >= 15 is 0 Å². The Bertz CT molecular complexity index is 975. The first-order valence-corrected chi connectivity index (χ1v) is 8.07. The summed E-state index contributed by atoms with van der Waals surface area (Å²) in [4.78, 5) is 21.5. The lowest BCUT2D eigenvalue weighted by atomic mass is 10.2. The van der Waals surface area contributed by atoms with Crippen LogP contribution in [0.25, 0.3) is 10.8 Å². The van der Waals surface area contributed by atoms with Gasteiger partial charge in [0.05, 0.1) is 5.39 Å². The summed E-state index contributed by atoms with van der Waals surface area (Å²) in [5.41, 5.74) is 1.09. The minimum atomic E-state index is -0.0385. The van der Waals surface area contributed by atoms with Crippen molar-refractivity contribution in [2.45, 2.75) is 25.8 Å². The normalized spacial score (nSPS) is 13.9. The van der Waals surface area contributed by atoms with Crippen molar-refractivity contribution in [3.8, 4) is 0 Å². The van der Waals surface area contributed by atoms with Crippen LogP contribution in [0.3, 0.4) is 0 Å². The zero-order valence-electron chi connectivity index (χ0n) is 13.7. The molecule has 0 spiro atoms. The molecule has 0 saturated heterocycles. The van der Waals surface area contributed by atoms with Gasteiger partial charge in [0.15, 0.2) is 0 Å². The number of aromatic nitrogens is 3. The maximum Gasteiger partial charge on any atom is 0.261 e. The van der Waals surface area contributed by atoms with Crippen molar-refractivity contribution in [2.24, 2.45) is 7.05 Å². The Hall–Kier alpha value is -2.89. The molecule has 0 bridgehead atoms. The van der Waals surface area contributed by atoms with Gasteiger partial charge in [0.2, 0.25) is 0 Å². The molecule has 3 aromatic rings. The first-order valence-electron chi connectivity index (χ1n) is 8.07. The molecule has 6 heteroatoms. The molecule has 1 aliphatic rings. The van der Waals surface area contributed by atoms with Crippen LogP contribution in [0.1, 0.15) is 18.4 Å². The van der Waals surface area contributed by atoms with Crippen molar-refractivity contribution in [1.82, 2.24) is 14.5 Å². The van der Waals surface area contributed by atoms with E-state index in [-0.39, 0.29) is 5.56 Å². The molecule has 0 aromatic carbocycles. The second-order valence-corrected chi connectivity index (χ2v) is 6.31. The molecule has 0 unspecified atom stereocenters. The standard InChI is InChI=1S/C18H19N5O/c1-11-5-7-19-14(9-11)21-15-10-12-6-8-23(2)18(24)16(12)17(22-15)20-13-3-4-13/h5-10,13H,3-4H2,1-2H3,(H2,19,20,21,22). The number of fused-ring (bicyclic) bond motifs is 1. The van der Waals surface area contributed by atoms with E-state index in [1.54, 1.807) is 24.0 Å². The highest BCUT2D eigenvalue weighted by Crippen LogP contribution is 2.29. The number of anilines is 3. The Kier molecular flexibility index (Phi) is 3.45. The van der Waals surface area contributed by atoms with Gasteiger partial charge in [0.25, 0.3) is 5.56 Å². The van der Waals surface area contributed by atoms with Gasteiger partial charge in [-0.3, -0.25) is 4.79 Å². The summed E-state index contributed by atoms with van der Waals surface area (Å²) in [7, 11) is 1.76. The SMILES string of the molecule is Cc1ccnc(Nc2cc3ccn(C)c(=O)c3c(NC3CC3)n2)c1. The first-order chi connectivity index (χ1) is 11.6. The summed E-state index contributed by atoms with van der Waals surface area (Å²) in [6.07, 6.45) is 5.78.